The van der Waals surface area contributed by atoms with E-state index in [-0.39, 0.29) is 0 Å². The highest BCUT2D eigenvalue weighted by Gasteiger charge is 2.06. The largest absolute Gasteiger partial charge is 0.388 e. The van der Waals surface area contributed by atoms with Gasteiger partial charge in [-0.25, -0.2) is 0 Å². The number of allylic oxidation sites excluding steroid dienone is 4. The summed E-state index contributed by atoms with van der Waals surface area (Å²) in [5.41, 5.74) is 2.11. The van der Waals surface area contributed by atoms with Crippen molar-refractivity contribution in [3.63, 3.8) is 0 Å². The first-order valence-corrected chi connectivity index (χ1v) is 9.27. The van der Waals surface area contributed by atoms with Crippen LogP contribution in [-0.4, -0.2) is 13.1 Å². The Hall–Kier alpha value is -1.94. The lowest BCUT2D eigenvalue weighted by Gasteiger charge is -2.16. The van der Waals surface area contributed by atoms with Crippen molar-refractivity contribution in [2.45, 2.75) is 66.2 Å². The number of rotatable bonds is 13. The van der Waals surface area contributed by atoms with Gasteiger partial charge < -0.3 is 10.6 Å². The molecule has 134 valence electrons. The van der Waals surface area contributed by atoms with Gasteiger partial charge in [-0.2, -0.15) is 10.5 Å². The van der Waals surface area contributed by atoms with Crippen LogP contribution in [0, 0.1) is 34.5 Å². The molecule has 0 aliphatic carbocycles. The zero-order chi connectivity index (χ0) is 18.2. The molecule has 0 spiro atoms. The predicted octanol–water partition coefficient (Wildman–Crippen LogP) is 4.63. The molecule has 0 aliphatic rings. The summed E-state index contributed by atoms with van der Waals surface area (Å²) in [6.45, 7) is 10.4. The van der Waals surface area contributed by atoms with Gasteiger partial charge in [-0.3, -0.25) is 0 Å². The minimum absolute atomic E-state index is 0.416. The molecule has 0 bridgehead atoms. The van der Waals surface area contributed by atoms with Crippen LogP contribution in [0.5, 0.6) is 0 Å². The van der Waals surface area contributed by atoms with E-state index in [4.69, 9.17) is 10.5 Å². The summed E-state index contributed by atoms with van der Waals surface area (Å²) in [5, 5.41) is 24.4. The molecule has 0 fully saturated rings. The Bertz CT molecular complexity index is 421. The Kier molecular flexibility index (Phi) is 13.5. The van der Waals surface area contributed by atoms with Gasteiger partial charge >= 0.3 is 0 Å². The molecule has 0 aromatic carbocycles. The molecule has 0 aromatic rings. The van der Waals surface area contributed by atoms with Crippen LogP contribution in [0.3, 0.4) is 0 Å². The number of nitriles is 2. The van der Waals surface area contributed by atoms with Gasteiger partial charge in [0.05, 0.1) is 12.1 Å². The maximum absolute atomic E-state index is 8.82. The number of hydrogen-bond donors (Lipinski definition) is 2. The molecule has 0 saturated carbocycles. The third-order valence-corrected chi connectivity index (χ3v) is 4.49. The van der Waals surface area contributed by atoms with Crippen LogP contribution in [0.1, 0.15) is 66.2 Å². The summed E-state index contributed by atoms with van der Waals surface area (Å²) >= 11 is 0. The maximum atomic E-state index is 8.82. The number of nitrogens with zero attached hydrogens (tertiary/aromatic N) is 2. The van der Waals surface area contributed by atoms with Gasteiger partial charge in [0.25, 0.3) is 0 Å². The fourth-order valence-electron chi connectivity index (χ4n) is 2.38. The summed E-state index contributed by atoms with van der Waals surface area (Å²) in [5.74, 6) is 0.833. The van der Waals surface area contributed by atoms with E-state index >= 15 is 0 Å². The quantitative estimate of drug-likeness (QED) is 0.381. The maximum Gasteiger partial charge on any atom is 0.0930 e. The van der Waals surface area contributed by atoms with Gasteiger partial charge in [-0.15, -0.1) is 0 Å². The lowest BCUT2D eigenvalue weighted by Crippen LogP contribution is -2.20. The van der Waals surface area contributed by atoms with E-state index in [1.165, 1.54) is 12.8 Å². The first-order valence-electron chi connectivity index (χ1n) is 9.27. The van der Waals surface area contributed by atoms with E-state index in [2.05, 4.69) is 50.5 Å². The Morgan fingerprint density at radius 2 is 1.17 bits per heavy atom. The molecular weight excluding hydrogens is 296 g/mol. The van der Waals surface area contributed by atoms with Crippen LogP contribution in [-0.2, 0) is 0 Å². The van der Waals surface area contributed by atoms with E-state index in [1.807, 2.05) is 0 Å². The minimum atomic E-state index is 0.416. The van der Waals surface area contributed by atoms with Crippen LogP contribution >= 0.6 is 0 Å². The summed E-state index contributed by atoms with van der Waals surface area (Å²) in [6.07, 6.45) is 9.94. The molecule has 0 amide bonds. The van der Waals surface area contributed by atoms with E-state index < -0.39 is 0 Å². The second kappa shape index (κ2) is 14.6. The average Bonchev–Trinajstić information content (AvgIpc) is 2.60. The van der Waals surface area contributed by atoms with Gasteiger partial charge in [-0.1, -0.05) is 40.5 Å². The van der Waals surface area contributed by atoms with Crippen LogP contribution in [0.4, 0.5) is 0 Å². The SMILES string of the molecule is CCC(C)/C(=C/C#N)NCCCCCCN/C(=C/C#N)C(C)CC. The van der Waals surface area contributed by atoms with Crippen LogP contribution in [0.2, 0.25) is 0 Å². The lowest BCUT2D eigenvalue weighted by molar-refractivity contribution is 0.542. The molecule has 2 N–H and O–H groups in total. The van der Waals surface area contributed by atoms with E-state index in [1.54, 1.807) is 12.2 Å². The fraction of sp³-hybridized carbons (Fsp3) is 0.700. The monoisotopic (exact) mass is 330 g/mol. The average molecular weight is 331 g/mol. The zero-order valence-corrected chi connectivity index (χ0v) is 15.9. The highest BCUT2D eigenvalue weighted by molar-refractivity contribution is 5.14. The molecule has 2 unspecified atom stereocenters. The van der Waals surface area contributed by atoms with Crippen LogP contribution in [0.25, 0.3) is 0 Å². The molecule has 0 heterocycles. The molecule has 0 saturated heterocycles. The highest BCUT2D eigenvalue weighted by Crippen LogP contribution is 2.12. The van der Waals surface area contributed by atoms with E-state index in [0.29, 0.717) is 11.8 Å². The number of nitrogens with one attached hydrogen (secondary N) is 2. The van der Waals surface area contributed by atoms with Crippen molar-refractivity contribution < 1.29 is 0 Å². The van der Waals surface area contributed by atoms with Crippen molar-refractivity contribution >= 4 is 0 Å². The normalized spacial score (nSPS) is 14.4. The Labute approximate surface area is 148 Å². The van der Waals surface area contributed by atoms with Crippen molar-refractivity contribution in [1.29, 1.82) is 10.5 Å². The number of unbranched alkanes of at least 4 members (excludes halogenated alkanes) is 3. The van der Waals surface area contributed by atoms with E-state index in [9.17, 15) is 0 Å². The van der Waals surface area contributed by atoms with Gasteiger partial charge in [-0.05, 0) is 37.5 Å². The Balaban J connectivity index is 3.85. The summed E-state index contributed by atoms with van der Waals surface area (Å²) in [4.78, 5) is 0. The van der Waals surface area contributed by atoms with Crippen molar-refractivity contribution in [2.24, 2.45) is 11.8 Å². The number of hydrogen-bond acceptors (Lipinski definition) is 4. The molecule has 0 aliphatic heterocycles. The van der Waals surface area contributed by atoms with E-state index in [0.717, 1.165) is 50.2 Å². The first kappa shape index (κ1) is 22.1. The van der Waals surface area contributed by atoms with Crippen molar-refractivity contribution in [1.82, 2.24) is 10.6 Å². The molecule has 0 rings (SSSR count). The van der Waals surface area contributed by atoms with Gasteiger partial charge in [0.15, 0.2) is 0 Å². The molecule has 24 heavy (non-hydrogen) atoms. The highest BCUT2D eigenvalue weighted by atomic mass is 14.9. The summed E-state index contributed by atoms with van der Waals surface area (Å²) in [6, 6.07) is 4.25. The first-order chi connectivity index (χ1) is 11.6. The Morgan fingerprint density at radius 1 is 0.792 bits per heavy atom. The molecular formula is C20H34N4. The summed E-state index contributed by atoms with van der Waals surface area (Å²) < 4.78 is 0. The van der Waals surface area contributed by atoms with Gasteiger partial charge in [0, 0.05) is 36.6 Å². The third kappa shape index (κ3) is 9.95. The second-order valence-electron chi connectivity index (χ2n) is 6.34. The van der Waals surface area contributed by atoms with Crippen molar-refractivity contribution in [3.8, 4) is 12.1 Å². The van der Waals surface area contributed by atoms with Crippen molar-refractivity contribution in [3.05, 3.63) is 23.5 Å². The second-order valence-corrected chi connectivity index (χ2v) is 6.34. The van der Waals surface area contributed by atoms with Gasteiger partial charge in [0.2, 0.25) is 0 Å². The smallest absolute Gasteiger partial charge is 0.0930 e. The fourth-order valence-corrected chi connectivity index (χ4v) is 2.38. The third-order valence-electron chi connectivity index (χ3n) is 4.49. The molecule has 0 aromatic heterocycles. The summed E-state index contributed by atoms with van der Waals surface area (Å²) in [7, 11) is 0. The molecule has 4 heteroatoms. The lowest BCUT2D eigenvalue weighted by atomic mass is 10.0. The zero-order valence-electron chi connectivity index (χ0n) is 15.9. The Morgan fingerprint density at radius 3 is 1.46 bits per heavy atom. The molecule has 2 atom stereocenters. The van der Waals surface area contributed by atoms with Crippen LogP contribution < -0.4 is 10.6 Å². The topological polar surface area (TPSA) is 71.6 Å². The van der Waals surface area contributed by atoms with Crippen molar-refractivity contribution in [2.75, 3.05) is 13.1 Å². The standard InChI is InChI=1S/C20H34N4/c1-5-17(3)19(11-13-21)23-15-9-7-8-10-16-24-20(12-14-22)18(4)6-2/h11-12,17-18,23-24H,5-10,15-16H2,1-4H3/b19-11-,20-12+. The minimum Gasteiger partial charge on any atom is -0.388 e. The molecule has 4 nitrogen and oxygen atoms in total. The molecule has 0 radical (unpaired) electrons. The predicted molar refractivity (Wildman–Crippen MR) is 101 cm³/mol. The van der Waals surface area contributed by atoms with Crippen LogP contribution in [0.15, 0.2) is 23.5 Å². The van der Waals surface area contributed by atoms with Gasteiger partial charge in [0.1, 0.15) is 0 Å².